The summed E-state index contributed by atoms with van der Waals surface area (Å²) in [5, 5.41) is 11.7. The Balaban J connectivity index is 2.15. The van der Waals surface area contributed by atoms with Crippen LogP contribution in [0.25, 0.3) is 10.8 Å². The van der Waals surface area contributed by atoms with E-state index in [4.69, 9.17) is 0 Å². The van der Waals surface area contributed by atoms with Crippen molar-refractivity contribution in [1.29, 1.82) is 5.26 Å². The standard InChI is InChI=1S/C18H16N2/c1-20(2)15-9-7-14(11-15)17-10-8-13-5-3-4-6-16(13)18(17)12-19/h3-11,14H,1-2H3. The second kappa shape index (κ2) is 4.86. The molecule has 0 aliphatic heterocycles. The van der Waals surface area contributed by atoms with Gasteiger partial charge in [0.15, 0.2) is 0 Å². The third-order valence-corrected chi connectivity index (χ3v) is 3.77. The summed E-state index contributed by atoms with van der Waals surface area (Å²) in [7, 11) is 4.06. The molecule has 2 aromatic carbocycles. The van der Waals surface area contributed by atoms with Gasteiger partial charge in [-0.15, -0.1) is 0 Å². The highest BCUT2D eigenvalue weighted by molar-refractivity contribution is 5.89. The van der Waals surface area contributed by atoms with Gasteiger partial charge in [0.2, 0.25) is 0 Å². The maximum atomic E-state index is 9.55. The lowest BCUT2D eigenvalue weighted by atomic mass is 9.91. The van der Waals surface area contributed by atoms with Crippen molar-refractivity contribution in [3.8, 4) is 6.07 Å². The molecule has 1 aliphatic carbocycles. The molecule has 20 heavy (non-hydrogen) atoms. The number of benzene rings is 2. The average molecular weight is 260 g/mol. The molecule has 2 aromatic rings. The summed E-state index contributed by atoms with van der Waals surface area (Å²) >= 11 is 0. The van der Waals surface area contributed by atoms with E-state index in [1.807, 2.05) is 38.4 Å². The fourth-order valence-corrected chi connectivity index (χ4v) is 2.68. The molecule has 0 amide bonds. The van der Waals surface area contributed by atoms with E-state index in [1.165, 1.54) is 5.70 Å². The van der Waals surface area contributed by atoms with E-state index >= 15 is 0 Å². The van der Waals surface area contributed by atoms with Crippen molar-refractivity contribution in [1.82, 2.24) is 4.90 Å². The normalized spacial score (nSPS) is 17.1. The van der Waals surface area contributed by atoms with Crippen molar-refractivity contribution in [2.75, 3.05) is 14.1 Å². The Morgan fingerprint density at radius 3 is 2.60 bits per heavy atom. The summed E-state index contributed by atoms with van der Waals surface area (Å²) in [6, 6.07) is 14.6. The van der Waals surface area contributed by atoms with Gasteiger partial charge >= 0.3 is 0 Å². The Morgan fingerprint density at radius 2 is 1.90 bits per heavy atom. The number of likely N-dealkylation sites (N-methyl/N-ethyl adjacent to an activating group) is 1. The molecule has 0 N–H and O–H groups in total. The summed E-state index contributed by atoms with van der Waals surface area (Å²) in [5.41, 5.74) is 3.06. The van der Waals surface area contributed by atoms with Gasteiger partial charge in [-0.25, -0.2) is 0 Å². The van der Waals surface area contributed by atoms with Crippen LogP contribution in [0.4, 0.5) is 0 Å². The van der Waals surface area contributed by atoms with Crippen LogP contribution in [0.1, 0.15) is 17.0 Å². The van der Waals surface area contributed by atoms with Crippen molar-refractivity contribution in [2.45, 2.75) is 5.92 Å². The molecule has 0 bridgehead atoms. The first-order chi connectivity index (χ1) is 9.70. The van der Waals surface area contributed by atoms with Gasteiger partial charge < -0.3 is 4.90 Å². The van der Waals surface area contributed by atoms with Crippen molar-refractivity contribution in [3.63, 3.8) is 0 Å². The summed E-state index contributed by atoms with van der Waals surface area (Å²) in [6.07, 6.45) is 6.46. The van der Waals surface area contributed by atoms with Crippen molar-refractivity contribution >= 4 is 10.8 Å². The fourth-order valence-electron chi connectivity index (χ4n) is 2.68. The zero-order valence-corrected chi connectivity index (χ0v) is 11.7. The summed E-state index contributed by atoms with van der Waals surface area (Å²) in [5.74, 6) is 0.187. The minimum Gasteiger partial charge on any atom is -0.378 e. The Morgan fingerprint density at radius 1 is 1.10 bits per heavy atom. The van der Waals surface area contributed by atoms with E-state index in [2.05, 4.69) is 41.3 Å². The Kier molecular flexibility index (Phi) is 3.04. The van der Waals surface area contributed by atoms with Gasteiger partial charge in [0.1, 0.15) is 6.07 Å². The highest BCUT2D eigenvalue weighted by Gasteiger charge is 2.17. The quantitative estimate of drug-likeness (QED) is 0.821. The number of nitriles is 1. The van der Waals surface area contributed by atoms with E-state index in [0.29, 0.717) is 0 Å². The monoisotopic (exact) mass is 260 g/mol. The highest BCUT2D eigenvalue weighted by atomic mass is 15.1. The molecule has 0 fully saturated rings. The van der Waals surface area contributed by atoms with Crippen LogP contribution in [0.2, 0.25) is 0 Å². The van der Waals surface area contributed by atoms with Gasteiger partial charge in [-0.2, -0.15) is 5.26 Å². The third-order valence-electron chi connectivity index (χ3n) is 3.77. The first-order valence-electron chi connectivity index (χ1n) is 6.70. The Bertz CT molecular complexity index is 761. The molecule has 3 rings (SSSR count). The second-order valence-electron chi connectivity index (χ2n) is 5.23. The Labute approximate surface area is 119 Å². The molecular formula is C18H16N2. The van der Waals surface area contributed by atoms with Gasteiger partial charge in [0.25, 0.3) is 0 Å². The zero-order chi connectivity index (χ0) is 14.1. The number of hydrogen-bond acceptors (Lipinski definition) is 2. The largest absolute Gasteiger partial charge is 0.378 e. The molecule has 98 valence electrons. The number of nitrogens with zero attached hydrogens (tertiary/aromatic N) is 2. The predicted molar refractivity (Wildman–Crippen MR) is 82.3 cm³/mol. The number of rotatable bonds is 2. The lowest BCUT2D eigenvalue weighted by molar-refractivity contribution is 0.530. The molecule has 2 nitrogen and oxygen atoms in total. The summed E-state index contributed by atoms with van der Waals surface area (Å²) < 4.78 is 0. The first kappa shape index (κ1) is 12.5. The molecule has 0 aromatic heterocycles. The van der Waals surface area contributed by atoms with Crippen molar-refractivity contribution in [3.05, 3.63) is 71.5 Å². The molecule has 0 radical (unpaired) electrons. The lowest BCUT2D eigenvalue weighted by Crippen LogP contribution is -2.07. The van der Waals surface area contributed by atoms with E-state index in [1.54, 1.807) is 0 Å². The van der Waals surface area contributed by atoms with Crippen LogP contribution in [-0.4, -0.2) is 19.0 Å². The number of fused-ring (bicyclic) bond motifs is 1. The van der Waals surface area contributed by atoms with Crippen molar-refractivity contribution < 1.29 is 0 Å². The van der Waals surface area contributed by atoms with Crippen LogP contribution in [0.5, 0.6) is 0 Å². The maximum Gasteiger partial charge on any atom is 0.100 e. The minimum atomic E-state index is 0.187. The summed E-state index contributed by atoms with van der Waals surface area (Å²) in [6.45, 7) is 0. The van der Waals surface area contributed by atoms with Crippen molar-refractivity contribution in [2.24, 2.45) is 0 Å². The highest BCUT2D eigenvalue weighted by Crippen LogP contribution is 2.32. The predicted octanol–water partition coefficient (Wildman–Crippen LogP) is 3.81. The van der Waals surface area contributed by atoms with Crippen LogP contribution >= 0.6 is 0 Å². The number of hydrogen-bond donors (Lipinski definition) is 0. The van der Waals surface area contributed by atoms with Crippen LogP contribution in [0.15, 0.2) is 60.3 Å². The Hall–Kier alpha value is -2.53. The summed E-state index contributed by atoms with van der Waals surface area (Å²) in [4.78, 5) is 2.09. The van der Waals surface area contributed by atoms with Crippen LogP contribution < -0.4 is 0 Å². The third kappa shape index (κ3) is 1.98. The zero-order valence-electron chi connectivity index (χ0n) is 11.7. The molecule has 1 unspecified atom stereocenters. The molecule has 0 saturated heterocycles. The molecule has 2 heteroatoms. The minimum absolute atomic E-state index is 0.187. The average Bonchev–Trinajstić information content (AvgIpc) is 2.95. The molecule has 0 saturated carbocycles. The fraction of sp³-hybridized carbons (Fsp3) is 0.167. The first-order valence-corrected chi connectivity index (χ1v) is 6.70. The maximum absolute atomic E-state index is 9.55. The van der Waals surface area contributed by atoms with Crippen LogP contribution in [0.3, 0.4) is 0 Å². The van der Waals surface area contributed by atoms with Gasteiger partial charge in [-0.05, 0) is 28.5 Å². The topological polar surface area (TPSA) is 27.0 Å². The molecule has 0 heterocycles. The van der Waals surface area contributed by atoms with Crippen LogP contribution in [-0.2, 0) is 0 Å². The van der Waals surface area contributed by atoms with Gasteiger partial charge in [0.05, 0.1) is 5.56 Å². The van der Waals surface area contributed by atoms with Gasteiger partial charge in [-0.1, -0.05) is 42.5 Å². The molecule has 1 aliphatic rings. The molecule has 0 spiro atoms. The van der Waals surface area contributed by atoms with Crippen LogP contribution in [0, 0.1) is 11.3 Å². The SMILES string of the molecule is CN(C)C1=CC(c2ccc3ccccc3c2C#N)C=C1. The van der Waals surface area contributed by atoms with E-state index in [-0.39, 0.29) is 5.92 Å². The van der Waals surface area contributed by atoms with Gasteiger partial charge in [-0.3, -0.25) is 0 Å². The van der Waals surface area contributed by atoms with E-state index in [9.17, 15) is 5.26 Å². The van der Waals surface area contributed by atoms with E-state index in [0.717, 1.165) is 21.9 Å². The number of allylic oxidation sites excluding steroid dienone is 3. The molecule has 1 atom stereocenters. The van der Waals surface area contributed by atoms with E-state index < -0.39 is 0 Å². The smallest absolute Gasteiger partial charge is 0.100 e. The molecular weight excluding hydrogens is 244 g/mol. The van der Waals surface area contributed by atoms with Gasteiger partial charge in [0, 0.05) is 25.7 Å². The lowest BCUT2D eigenvalue weighted by Gasteiger charge is -2.13. The second-order valence-corrected chi connectivity index (χ2v) is 5.23.